The molecule has 1 heterocycles. The number of methoxy groups -OCH3 is 2. The summed E-state index contributed by atoms with van der Waals surface area (Å²) >= 11 is 0. The first-order valence-corrected chi connectivity index (χ1v) is 9.29. The Kier molecular flexibility index (Phi) is 5.67. The third kappa shape index (κ3) is 3.78. The summed E-state index contributed by atoms with van der Waals surface area (Å²) in [5, 5.41) is 12.5. The third-order valence-electron chi connectivity index (χ3n) is 5.56. The summed E-state index contributed by atoms with van der Waals surface area (Å²) in [6, 6.07) is 8.30. The van der Waals surface area contributed by atoms with Crippen LogP contribution in [-0.2, 0) is 4.79 Å². The Morgan fingerprint density at radius 1 is 1.31 bits per heavy atom. The van der Waals surface area contributed by atoms with Crippen LogP contribution in [0.15, 0.2) is 18.2 Å². The highest BCUT2D eigenvalue weighted by molar-refractivity contribution is 5.79. The van der Waals surface area contributed by atoms with Crippen LogP contribution in [0.1, 0.15) is 50.1 Å². The van der Waals surface area contributed by atoms with Crippen molar-refractivity contribution >= 4 is 5.91 Å². The van der Waals surface area contributed by atoms with Gasteiger partial charge in [-0.25, -0.2) is 0 Å². The maximum atomic E-state index is 12.6. The molecular weight excluding hydrogens is 330 g/mol. The Balaban J connectivity index is 1.71. The number of carbonyl (C=O) groups is 1. The minimum atomic E-state index is -0.663. The van der Waals surface area contributed by atoms with Crippen LogP contribution in [0.5, 0.6) is 11.5 Å². The Bertz CT molecular complexity index is 692. The minimum Gasteiger partial charge on any atom is -0.497 e. The smallest absolute Gasteiger partial charge is 0.235 e. The molecule has 26 heavy (non-hydrogen) atoms. The van der Waals surface area contributed by atoms with Gasteiger partial charge in [0.25, 0.3) is 0 Å². The molecule has 0 aromatic heterocycles. The van der Waals surface area contributed by atoms with E-state index in [2.05, 4.69) is 16.3 Å². The fourth-order valence-electron chi connectivity index (χ4n) is 4.20. The van der Waals surface area contributed by atoms with Crippen molar-refractivity contribution in [1.29, 1.82) is 5.26 Å². The zero-order valence-electron chi connectivity index (χ0n) is 15.6. The normalized spacial score (nSPS) is 22.0. The van der Waals surface area contributed by atoms with Crippen LogP contribution in [0.4, 0.5) is 0 Å². The summed E-state index contributed by atoms with van der Waals surface area (Å²) in [4.78, 5) is 14.8. The first kappa shape index (κ1) is 18.5. The number of nitrogens with one attached hydrogen (secondary N) is 1. The Labute approximate surface area is 155 Å². The standard InChI is InChI=1S/C20H27N3O3/c1-25-15-7-8-16(18(12-15)26-2)17-6-5-11-23(17)13-19(24)22-20(14-21)9-3-4-10-20/h7-8,12,17H,3-6,9-11,13H2,1-2H3,(H,22,24)/t17-/m0/s1. The maximum absolute atomic E-state index is 12.6. The largest absolute Gasteiger partial charge is 0.497 e. The van der Waals surface area contributed by atoms with Crippen LogP contribution in [0, 0.1) is 11.3 Å². The highest BCUT2D eigenvalue weighted by atomic mass is 16.5. The second-order valence-corrected chi connectivity index (χ2v) is 7.19. The molecule has 0 unspecified atom stereocenters. The summed E-state index contributed by atoms with van der Waals surface area (Å²) in [6.07, 6.45) is 5.54. The van der Waals surface area contributed by atoms with Crippen molar-refractivity contribution in [3.63, 3.8) is 0 Å². The number of nitrogens with zero attached hydrogens (tertiary/aromatic N) is 2. The van der Waals surface area contributed by atoms with Gasteiger partial charge in [0.1, 0.15) is 17.0 Å². The van der Waals surface area contributed by atoms with E-state index in [1.165, 1.54) is 0 Å². The number of likely N-dealkylation sites (tertiary alicyclic amines) is 1. The summed E-state index contributed by atoms with van der Waals surface area (Å²) in [7, 11) is 3.29. The van der Waals surface area contributed by atoms with Gasteiger partial charge < -0.3 is 14.8 Å². The number of nitriles is 1. The van der Waals surface area contributed by atoms with Crippen molar-refractivity contribution in [2.75, 3.05) is 27.3 Å². The highest BCUT2D eigenvalue weighted by Gasteiger charge is 2.37. The molecule has 1 aliphatic carbocycles. The van der Waals surface area contributed by atoms with E-state index >= 15 is 0 Å². The molecule has 2 aliphatic rings. The molecule has 0 radical (unpaired) electrons. The van der Waals surface area contributed by atoms with Crippen LogP contribution in [0.2, 0.25) is 0 Å². The van der Waals surface area contributed by atoms with Crippen molar-refractivity contribution in [1.82, 2.24) is 10.2 Å². The van der Waals surface area contributed by atoms with E-state index in [-0.39, 0.29) is 11.9 Å². The van der Waals surface area contributed by atoms with Crippen molar-refractivity contribution in [2.45, 2.75) is 50.1 Å². The van der Waals surface area contributed by atoms with E-state index < -0.39 is 5.54 Å². The first-order chi connectivity index (χ1) is 12.6. The number of rotatable bonds is 6. The molecule has 1 atom stereocenters. The predicted molar refractivity (Wildman–Crippen MR) is 98.0 cm³/mol. The van der Waals surface area contributed by atoms with Crippen molar-refractivity contribution in [3.8, 4) is 17.6 Å². The van der Waals surface area contributed by atoms with Gasteiger partial charge in [-0.15, -0.1) is 0 Å². The van der Waals surface area contributed by atoms with Crippen LogP contribution in [0.3, 0.4) is 0 Å². The van der Waals surface area contributed by atoms with Crippen LogP contribution >= 0.6 is 0 Å². The van der Waals surface area contributed by atoms with E-state index in [1.54, 1.807) is 14.2 Å². The van der Waals surface area contributed by atoms with Gasteiger partial charge in [0.15, 0.2) is 0 Å². The fourth-order valence-corrected chi connectivity index (χ4v) is 4.20. The number of ether oxygens (including phenoxy) is 2. The molecule has 6 heteroatoms. The number of benzene rings is 1. The molecule has 1 amide bonds. The third-order valence-corrected chi connectivity index (χ3v) is 5.56. The van der Waals surface area contributed by atoms with Gasteiger partial charge >= 0.3 is 0 Å². The predicted octanol–water partition coefficient (Wildman–Crippen LogP) is 2.79. The molecule has 3 rings (SSSR count). The number of carbonyl (C=O) groups excluding carboxylic acids is 1. The lowest BCUT2D eigenvalue weighted by Crippen LogP contribution is -2.48. The summed E-state index contributed by atoms with van der Waals surface area (Å²) < 4.78 is 10.8. The van der Waals surface area contributed by atoms with Gasteiger partial charge in [0.05, 0.1) is 26.8 Å². The van der Waals surface area contributed by atoms with Gasteiger partial charge in [0, 0.05) is 17.7 Å². The molecule has 1 aromatic carbocycles. The van der Waals surface area contributed by atoms with Gasteiger partial charge in [0.2, 0.25) is 5.91 Å². The Hall–Kier alpha value is -2.26. The van der Waals surface area contributed by atoms with E-state index in [0.29, 0.717) is 6.54 Å². The summed E-state index contributed by atoms with van der Waals surface area (Å²) in [6.45, 7) is 1.18. The number of hydrogen-bond acceptors (Lipinski definition) is 5. The molecular formula is C20H27N3O3. The zero-order chi connectivity index (χ0) is 18.6. The van der Waals surface area contributed by atoms with Gasteiger partial charge in [-0.1, -0.05) is 6.07 Å². The lowest BCUT2D eigenvalue weighted by atomic mass is 10.00. The molecule has 1 aromatic rings. The molecule has 1 saturated heterocycles. The van der Waals surface area contributed by atoms with Crippen molar-refractivity contribution in [2.24, 2.45) is 0 Å². The topological polar surface area (TPSA) is 74.6 Å². The molecule has 6 nitrogen and oxygen atoms in total. The lowest BCUT2D eigenvalue weighted by Gasteiger charge is -2.28. The van der Waals surface area contributed by atoms with E-state index in [1.807, 2.05) is 18.2 Å². The van der Waals surface area contributed by atoms with Crippen LogP contribution < -0.4 is 14.8 Å². The van der Waals surface area contributed by atoms with Crippen molar-refractivity contribution < 1.29 is 14.3 Å². The summed E-state index contributed by atoms with van der Waals surface area (Å²) in [5.41, 5.74) is 0.416. The second kappa shape index (κ2) is 7.96. The van der Waals surface area contributed by atoms with E-state index in [9.17, 15) is 10.1 Å². The quantitative estimate of drug-likeness (QED) is 0.847. The van der Waals surface area contributed by atoms with Gasteiger partial charge in [-0.3, -0.25) is 9.69 Å². The fraction of sp³-hybridized carbons (Fsp3) is 0.600. The Morgan fingerprint density at radius 2 is 2.08 bits per heavy atom. The highest BCUT2D eigenvalue weighted by Crippen LogP contribution is 2.38. The molecule has 2 fully saturated rings. The molecule has 0 spiro atoms. The molecule has 0 bridgehead atoms. The molecule has 1 aliphatic heterocycles. The zero-order valence-corrected chi connectivity index (χ0v) is 15.6. The van der Waals surface area contributed by atoms with E-state index in [0.717, 1.165) is 62.1 Å². The van der Waals surface area contributed by atoms with Crippen molar-refractivity contribution in [3.05, 3.63) is 23.8 Å². The van der Waals surface area contributed by atoms with Crippen LogP contribution in [0.25, 0.3) is 0 Å². The first-order valence-electron chi connectivity index (χ1n) is 9.29. The molecule has 140 valence electrons. The second-order valence-electron chi connectivity index (χ2n) is 7.19. The van der Waals surface area contributed by atoms with Crippen LogP contribution in [-0.4, -0.2) is 43.7 Å². The lowest BCUT2D eigenvalue weighted by molar-refractivity contribution is -0.123. The summed E-state index contributed by atoms with van der Waals surface area (Å²) in [5.74, 6) is 1.48. The maximum Gasteiger partial charge on any atom is 0.235 e. The average Bonchev–Trinajstić information content (AvgIpc) is 3.31. The monoisotopic (exact) mass is 357 g/mol. The average molecular weight is 357 g/mol. The molecule has 1 saturated carbocycles. The van der Waals surface area contributed by atoms with Gasteiger partial charge in [-0.05, 0) is 51.1 Å². The van der Waals surface area contributed by atoms with Gasteiger partial charge in [-0.2, -0.15) is 5.26 Å². The van der Waals surface area contributed by atoms with E-state index in [4.69, 9.17) is 9.47 Å². The Morgan fingerprint density at radius 3 is 2.73 bits per heavy atom. The molecule has 1 N–H and O–H groups in total. The minimum absolute atomic E-state index is 0.0622. The SMILES string of the molecule is COc1ccc([C@@H]2CCCN2CC(=O)NC2(C#N)CCCC2)c(OC)c1. The number of amides is 1. The number of hydrogen-bond donors (Lipinski definition) is 1.